The summed E-state index contributed by atoms with van der Waals surface area (Å²) in [6.45, 7) is 11.1. The van der Waals surface area contributed by atoms with Crippen molar-refractivity contribution in [1.29, 1.82) is 0 Å². The summed E-state index contributed by atoms with van der Waals surface area (Å²) in [4.78, 5) is 13.8. The van der Waals surface area contributed by atoms with Gasteiger partial charge < -0.3 is 10.6 Å². The van der Waals surface area contributed by atoms with E-state index in [4.69, 9.17) is 0 Å². The van der Waals surface area contributed by atoms with Crippen molar-refractivity contribution < 1.29 is 4.79 Å². The van der Waals surface area contributed by atoms with Gasteiger partial charge >= 0.3 is 0 Å². The van der Waals surface area contributed by atoms with Gasteiger partial charge in [-0.05, 0) is 6.92 Å². The van der Waals surface area contributed by atoms with Crippen molar-refractivity contribution in [1.82, 2.24) is 15.5 Å². The molecule has 0 aromatic rings. The van der Waals surface area contributed by atoms with Crippen LogP contribution in [-0.2, 0) is 4.79 Å². The SMILES string of the molecule is CC(C)C(=O)NCC(C)N1CCNCC1. The Bertz CT molecular complexity index is 200. The molecule has 15 heavy (non-hydrogen) atoms. The topological polar surface area (TPSA) is 44.4 Å². The Morgan fingerprint density at radius 1 is 1.33 bits per heavy atom. The fraction of sp³-hybridized carbons (Fsp3) is 0.909. The summed E-state index contributed by atoms with van der Waals surface area (Å²) in [5.41, 5.74) is 0. The maximum atomic E-state index is 11.4. The van der Waals surface area contributed by atoms with E-state index in [2.05, 4.69) is 22.5 Å². The average Bonchev–Trinajstić information content (AvgIpc) is 2.26. The lowest BCUT2D eigenvalue weighted by Crippen LogP contribution is -2.51. The van der Waals surface area contributed by atoms with E-state index in [1.165, 1.54) is 0 Å². The molecule has 88 valence electrons. The van der Waals surface area contributed by atoms with Crippen LogP contribution in [0.2, 0.25) is 0 Å². The molecule has 0 aliphatic carbocycles. The zero-order chi connectivity index (χ0) is 11.3. The van der Waals surface area contributed by atoms with Crippen LogP contribution in [-0.4, -0.2) is 49.6 Å². The molecule has 1 fully saturated rings. The standard InChI is InChI=1S/C11H23N3O/c1-9(2)11(15)13-8-10(3)14-6-4-12-5-7-14/h9-10,12H,4-8H2,1-3H3,(H,13,15). The monoisotopic (exact) mass is 213 g/mol. The van der Waals surface area contributed by atoms with Gasteiger partial charge in [0.2, 0.25) is 5.91 Å². The van der Waals surface area contributed by atoms with Gasteiger partial charge in [-0.2, -0.15) is 0 Å². The molecule has 1 amide bonds. The number of amides is 1. The minimum absolute atomic E-state index is 0.0835. The normalized spacial score (nSPS) is 20.3. The second-order valence-corrected chi connectivity index (χ2v) is 4.53. The van der Waals surface area contributed by atoms with Crippen molar-refractivity contribution in [2.75, 3.05) is 32.7 Å². The van der Waals surface area contributed by atoms with Gasteiger partial charge in [0.1, 0.15) is 0 Å². The molecular weight excluding hydrogens is 190 g/mol. The number of rotatable bonds is 4. The fourth-order valence-corrected chi connectivity index (χ4v) is 1.70. The van der Waals surface area contributed by atoms with E-state index in [-0.39, 0.29) is 11.8 Å². The molecule has 4 nitrogen and oxygen atoms in total. The van der Waals surface area contributed by atoms with Crippen molar-refractivity contribution in [2.45, 2.75) is 26.8 Å². The number of carbonyl (C=O) groups excluding carboxylic acids is 1. The van der Waals surface area contributed by atoms with E-state index in [9.17, 15) is 4.79 Å². The quantitative estimate of drug-likeness (QED) is 0.694. The number of piperazine rings is 1. The summed E-state index contributed by atoms with van der Waals surface area (Å²) in [7, 11) is 0. The summed E-state index contributed by atoms with van der Waals surface area (Å²) in [6, 6.07) is 0.440. The lowest BCUT2D eigenvalue weighted by Gasteiger charge is -2.32. The van der Waals surface area contributed by atoms with E-state index in [1.54, 1.807) is 0 Å². The molecule has 1 aliphatic rings. The number of nitrogens with zero attached hydrogens (tertiary/aromatic N) is 1. The largest absolute Gasteiger partial charge is 0.354 e. The highest BCUT2D eigenvalue weighted by Crippen LogP contribution is 2.00. The third-order valence-corrected chi connectivity index (χ3v) is 2.87. The van der Waals surface area contributed by atoms with Crippen molar-refractivity contribution in [3.8, 4) is 0 Å². The first kappa shape index (κ1) is 12.5. The number of carbonyl (C=O) groups is 1. The van der Waals surface area contributed by atoms with Crippen molar-refractivity contribution >= 4 is 5.91 Å². The Labute approximate surface area is 92.4 Å². The molecule has 1 heterocycles. The fourth-order valence-electron chi connectivity index (χ4n) is 1.70. The van der Waals surface area contributed by atoms with Gasteiger partial charge in [-0.1, -0.05) is 13.8 Å². The first-order valence-electron chi connectivity index (χ1n) is 5.83. The van der Waals surface area contributed by atoms with E-state index in [1.807, 2.05) is 13.8 Å². The Morgan fingerprint density at radius 2 is 1.93 bits per heavy atom. The van der Waals surface area contributed by atoms with Gasteiger partial charge in [0.15, 0.2) is 0 Å². The van der Waals surface area contributed by atoms with Gasteiger partial charge in [-0.15, -0.1) is 0 Å². The lowest BCUT2D eigenvalue weighted by molar-refractivity contribution is -0.124. The maximum Gasteiger partial charge on any atom is 0.222 e. The Hall–Kier alpha value is -0.610. The first-order valence-corrected chi connectivity index (χ1v) is 5.83. The van der Waals surface area contributed by atoms with E-state index >= 15 is 0 Å². The van der Waals surface area contributed by atoms with Gasteiger partial charge in [-0.3, -0.25) is 9.69 Å². The van der Waals surface area contributed by atoms with Crippen LogP contribution in [0.25, 0.3) is 0 Å². The van der Waals surface area contributed by atoms with Crippen LogP contribution in [0.4, 0.5) is 0 Å². The maximum absolute atomic E-state index is 11.4. The Morgan fingerprint density at radius 3 is 2.47 bits per heavy atom. The molecule has 1 aliphatic heterocycles. The third-order valence-electron chi connectivity index (χ3n) is 2.87. The molecule has 1 rings (SSSR count). The van der Waals surface area contributed by atoms with Gasteiger partial charge in [-0.25, -0.2) is 0 Å². The Balaban J connectivity index is 2.22. The summed E-state index contributed by atoms with van der Waals surface area (Å²) < 4.78 is 0. The average molecular weight is 213 g/mol. The van der Waals surface area contributed by atoms with Crippen LogP contribution >= 0.6 is 0 Å². The minimum Gasteiger partial charge on any atom is -0.354 e. The zero-order valence-electron chi connectivity index (χ0n) is 10.0. The second-order valence-electron chi connectivity index (χ2n) is 4.53. The van der Waals surface area contributed by atoms with Crippen molar-refractivity contribution in [3.05, 3.63) is 0 Å². The predicted octanol–water partition coefficient (Wildman–Crippen LogP) is 0.0523. The third kappa shape index (κ3) is 4.18. The lowest BCUT2D eigenvalue weighted by atomic mass is 10.2. The number of hydrogen-bond acceptors (Lipinski definition) is 3. The van der Waals surface area contributed by atoms with E-state index in [0.717, 1.165) is 32.7 Å². The highest BCUT2D eigenvalue weighted by molar-refractivity contribution is 5.77. The summed E-state index contributed by atoms with van der Waals surface area (Å²) in [6.07, 6.45) is 0. The van der Waals surface area contributed by atoms with Gasteiger partial charge in [0, 0.05) is 44.7 Å². The molecule has 2 N–H and O–H groups in total. The summed E-state index contributed by atoms with van der Waals surface area (Å²) in [5, 5.41) is 6.30. The molecule has 4 heteroatoms. The second kappa shape index (κ2) is 6.08. The molecule has 1 unspecified atom stereocenters. The highest BCUT2D eigenvalue weighted by Gasteiger charge is 2.17. The van der Waals surface area contributed by atoms with Crippen LogP contribution in [0.15, 0.2) is 0 Å². The van der Waals surface area contributed by atoms with Crippen LogP contribution < -0.4 is 10.6 Å². The molecule has 0 aromatic carbocycles. The molecule has 0 saturated carbocycles. The Kier molecular flexibility index (Phi) is 5.05. The predicted molar refractivity (Wildman–Crippen MR) is 61.8 cm³/mol. The molecule has 0 spiro atoms. The van der Waals surface area contributed by atoms with Crippen LogP contribution in [0, 0.1) is 5.92 Å². The summed E-state index contributed by atoms with van der Waals surface area (Å²) >= 11 is 0. The highest BCUT2D eigenvalue weighted by atomic mass is 16.1. The number of hydrogen-bond donors (Lipinski definition) is 2. The molecule has 0 bridgehead atoms. The number of nitrogens with one attached hydrogen (secondary N) is 2. The molecule has 1 saturated heterocycles. The summed E-state index contributed by atoms with van der Waals surface area (Å²) in [5.74, 6) is 0.234. The van der Waals surface area contributed by atoms with Gasteiger partial charge in [0.05, 0.1) is 0 Å². The van der Waals surface area contributed by atoms with Crippen LogP contribution in [0.3, 0.4) is 0 Å². The molecule has 1 atom stereocenters. The smallest absolute Gasteiger partial charge is 0.222 e. The van der Waals surface area contributed by atoms with Crippen LogP contribution in [0.1, 0.15) is 20.8 Å². The van der Waals surface area contributed by atoms with Crippen molar-refractivity contribution in [3.63, 3.8) is 0 Å². The molecule has 0 aromatic heterocycles. The minimum atomic E-state index is 0.0835. The molecular formula is C11H23N3O. The van der Waals surface area contributed by atoms with Gasteiger partial charge in [0.25, 0.3) is 0 Å². The zero-order valence-corrected chi connectivity index (χ0v) is 10.0. The van der Waals surface area contributed by atoms with Crippen LogP contribution in [0.5, 0.6) is 0 Å². The van der Waals surface area contributed by atoms with Crippen molar-refractivity contribution in [2.24, 2.45) is 5.92 Å². The molecule has 0 radical (unpaired) electrons. The van der Waals surface area contributed by atoms with E-state index in [0.29, 0.717) is 6.04 Å². The van der Waals surface area contributed by atoms with E-state index < -0.39 is 0 Å². The first-order chi connectivity index (χ1) is 7.11.